The van der Waals surface area contributed by atoms with Crippen LogP contribution in [0.15, 0.2) is 19.5 Å². The molecule has 0 aliphatic rings. The maximum atomic E-state index is 8.19. The monoisotopic (exact) mass is 269 g/mol. The summed E-state index contributed by atoms with van der Waals surface area (Å²) < 4.78 is 0. The Hall–Kier alpha value is -1.75. The molecule has 0 radical (unpaired) electrons. The van der Waals surface area contributed by atoms with Crippen molar-refractivity contribution in [3.63, 3.8) is 0 Å². The van der Waals surface area contributed by atoms with Gasteiger partial charge in [-0.05, 0) is 0 Å². The fourth-order valence-electron chi connectivity index (χ4n) is 0.443. The zero-order valence-corrected chi connectivity index (χ0v) is 8.98. The van der Waals surface area contributed by atoms with E-state index in [9.17, 15) is 0 Å². The van der Waals surface area contributed by atoms with Gasteiger partial charge in [0.1, 0.15) is 0 Å². The van der Waals surface area contributed by atoms with Gasteiger partial charge >= 0.3 is 89.0 Å². The van der Waals surface area contributed by atoms with Gasteiger partial charge in [-0.3, -0.25) is 0 Å². The fourth-order valence-corrected chi connectivity index (χ4v) is 2.05. The Morgan fingerprint density at radius 1 is 0.667 bits per heavy atom. The predicted molar refractivity (Wildman–Crippen MR) is 55.2 cm³/mol. The van der Waals surface area contributed by atoms with Crippen molar-refractivity contribution in [3.8, 4) is 0 Å². The van der Waals surface area contributed by atoms with Gasteiger partial charge < -0.3 is 0 Å². The average Bonchev–Trinajstić information content (AvgIpc) is 2.04. The van der Waals surface area contributed by atoms with Crippen LogP contribution in [0.25, 0.3) is 41.8 Å². The fraction of sp³-hybridized carbons (Fsp3) is 0. The molecule has 12 nitrogen and oxygen atoms in total. The molecule has 0 rings (SSSR count). The molecular formula is Cl2N12P-. The molecule has 0 N–H and O–H groups in total. The van der Waals surface area contributed by atoms with Crippen LogP contribution in [0.5, 0.6) is 0 Å². The van der Waals surface area contributed by atoms with Crippen LogP contribution in [0.4, 0.5) is 0 Å². The summed E-state index contributed by atoms with van der Waals surface area (Å²) in [5.41, 5.74) is 32.7. The Bertz CT molecular complexity index is 392. The van der Waals surface area contributed by atoms with Crippen molar-refractivity contribution >= 4 is 27.7 Å². The van der Waals surface area contributed by atoms with Crippen LogP contribution >= 0.6 is 27.7 Å². The first-order valence-corrected chi connectivity index (χ1v) is 7.04. The summed E-state index contributed by atoms with van der Waals surface area (Å²) in [6.07, 6.45) is 0. The quantitative estimate of drug-likeness (QED) is 0.277. The first-order chi connectivity index (χ1) is 6.80. The maximum absolute atomic E-state index is 8.19. The normalized spacial score (nSPS) is 13.7. The van der Waals surface area contributed by atoms with E-state index < -0.39 is 5.25 Å². The molecule has 0 aromatic carbocycles. The molecule has 0 atom stereocenters. The van der Waals surface area contributed by atoms with Gasteiger partial charge in [-0.15, -0.1) is 0 Å². The molecule has 0 aliphatic carbocycles. The van der Waals surface area contributed by atoms with Crippen molar-refractivity contribution in [2.75, 3.05) is 0 Å². The van der Waals surface area contributed by atoms with E-state index in [1.807, 2.05) is 0 Å². The third kappa shape index (κ3) is 2.60. The van der Waals surface area contributed by atoms with Gasteiger partial charge in [-0.1, -0.05) is 0 Å². The molecule has 0 amide bonds. The summed E-state index contributed by atoms with van der Waals surface area (Å²) >= 11 is 10.9. The van der Waals surface area contributed by atoms with Gasteiger partial charge in [0, 0.05) is 0 Å². The molecule has 0 aromatic rings. The molecule has 15 heavy (non-hydrogen) atoms. The average molecular weight is 270 g/mol. The first-order valence-electron chi connectivity index (χ1n) is 2.74. The van der Waals surface area contributed by atoms with Crippen molar-refractivity contribution in [3.05, 3.63) is 41.8 Å². The summed E-state index contributed by atoms with van der Waals surface area (Å²) in [7, 11) is 0. The van der Waals surface area contributed by atoms with E-state index >= 15 is 0 Å². The molecule has 0 aliphatic heterocycles. The number of azide groups is 1. The molecule has 15 heteroatoms. The predicted octanol–water partition coefficient (Wildman–Crippen LogP) is 5.28. The van der Waals surface area contributed by atoms with E-state index in [1.54, 1.807) is 0 Å². The van der Waals surface area contributed by atoms with E-state index in [0.717, 1.165) is 0 Å². The van der Waals surface area contributed by atoms with E-state index in [-0.39, 0.29) is 0 Å². The van der Waals surface area contributed by atoms with Gasteiger partial charge in [0.15, 0.2) is 0 Å². The number of rotatable bonds is 4. The van der Waals surface area contributed by atoms with Crippen molar-refractivity contribution in [2.24, 2.45) is 19.5 Å². The van der Waals surface area contributed by atoms with Crippen molar-refractivity contribution in [1.82, 2.24) is 0 Å². The Kier molecular flexibility index (Phi) is 3.03. The zero-order valence-electron chi connectivity index (χ0n) is 6.57. The molecule has 0 heterocycles. The van der Waals surface area contributed by atoms with Crippen molar-refractivity contribution < 1.29 is 0 Å². The SMILES string of the molecule is [N-]=[N+]=N[P-](Cl)(Cl)(N=[N+]=[N-])(N=[N+]=[N-])N=[N+]=[N-]. The van der Waals surface area contributed by atoms with Gasteiger partial charge in [-0.2, -0.15) is 0 Å². The molecule has 0 saturated heterocycles. The van der Waals surface area contributed by atoms with Crippen molar-refractivity contribution in [1.29, 1.82) is 0 Å². The molecule has 0 unspecified atom stereocenters. The second-order valence-electron chi connectivity index (χ2n) is 1.92. The first kappa shape index (κ1) is 13.2. The van der Waals surface area contributed by atoms with Crippen LogP contribution in [0.3, 0.4) is 0 Å². The summed E-state index contributed by atoms with van der Waals surface area (Å²) in [6.45, 7) is 0. The number of halogens is 2. The molecule has 0 aromatic heterocycles. The number of hydrogen-bond acceptors (Lipinski definition) is 4. The Morgan fingerprint density at radius 3 is 1.00 bits per heavy atom. The van der Waals surface area contributed by atoms with E-state index in [4.69, 9.17) is 44.6 Å². The molecule has 80 valence electrons. The minimum absolute atomic E-state index is 2.13. The van der Waals surface area contributed by atoms with Crippen LogP contribution in [-0.4, -0.2) is 0 Å². The Labute approximate surface area is 89.6 Å². The minimum atomic E-state index is -6.17. The Morgan fingerprint density at radius 2 is 0.867 bits per heavy atom. The van der Waals surface area contributed by atoms with Gasteiger partial charge in [-0.25, -0.2) is 0 Å². The third-order valence-corrected chi connectivity index (χ3v) is 4.35. The second-order valence-corrected chi connectivity index (χ2v) is 10.2. The zero-order chi connectivity index (χ0) is 12.1. The summed E-state index contributed by atoms with van der Waals surface area (Å²) in [4.78, 5) is 19.2. The van der Waals surface area contributed by atoms with Gasteiger partial charge in [0.2, 0.25) is 0 Å². The van der Waals surface area contributed by atoms with E-state index in [2.05, 4.69) is 39.2 Å². The third-order valence-electron chi connectivity index (χ3n) is 0.910. The standard InChI is InChI=1S/Cl2N12P/c1-15(2,11-7-3,12-8-4,13-9-5)14-10-6/q-1. The molecule has 0 bridgehead atoms. The number of hydrogen-bond donors (Lipinski definition) is 0. The van der Waals surface area contributed by atoms with Crippen LogP contribution in [0.1, 0.15) is 0 Å². The molecular weight excluding hydrogens is 270 g/mol. The second kappa shape index (κ2) is 3.43. The Balaban J connectivity index is 6.67. The summed E-state index contributed by atoms with van der Waals surface area (Å²) in [5.74, 6) is 0. The molecule has 0 saturated carbocycles. The van der Waals surface area contributed by atoms with E-state index in [1.165, 1.54) is 0 Å². The van der Waals surface area contributed by atoms with Crippen LogP contribution in [0, 0.1) is 0 Å². The molecule has 0 fully saturated rings. The number of nitrogens with zero attached hydrogens (tertiary/aromatic N) is 12. The molecule has 0 spiro atoms. The van der Waals surface area contributed by atoms with E-state index in [0.29, 0.717) is 0 Å². The van der Waals surface area contributed by atoms with Crippen LogP contribution in [-0.2, 0) is 0 Å². The summed E-state index contributed by atoms with van der Waals surface area (Å²) in [5, 5.41) is -6.17. The van der Waals surface area contributed by atoms with Crippen LogP contribution in [0.2, 0.25) is 0 Å². The topological polar surface area (TPSA) is 195 Å². The van der Waals surface area contributed by atoms with Gasteiger partial charge in [0.05, 0.1) is 0 Å². The van der Waals surface area contributed by atoms with Gasteiger partial charge in [0.25, 0.3) is 0 Å². The van der Waals surface area contributed by atoms with Crippen molar-refractivity contribution in [2.45, 2.75) is 0 Å². The van der Waals surface area contributed by atoms with Crippen LogP contribution < -0.4 is 0 Å². The summed E-state index contributed by atoms with van der Waals surface area (Å²) in [6, 6.07) is 0.